The Morgan fingerprint density at radius 1 is 1.26 bits per heavy atom. The number of aliphatic hydroxyl groups is 1. The van der Waals surface area contributed by atoms with Gasteiger partial charge in [-0.15, -0.1) is 0 Å². The van der Waals surface area contributed by atoms with Crippen molar-refractivity contribution >= 4 is 5.96 Å². The second-order valence-corrected chi connectivity index (χ2v) is 7.43. The lowest BCUT2D eigenvalue weighted by atomic mass is 10.1. The van der Waals surface area contributed by atoms with Gasteiger partial charge in [0.25, 0.3) is 0 Å². The van der Waals surface area contributed by atoms with Crippen molar-refractivity contribution in [3.8, 4) is 5.75 Å². The van der Waals surface area contributed by atoms with Crippen molar-refractivity contribution < 1.29 is 14.3 Å². The minimum absolute atomic E-state index is 0.276. The Kier molecular flexibility index (Phi) is 7.30. The van der Waals surface area contributed by atoms with Crippen molar-refractivity contribution in [2.45, 2.75) is 52.9 Å². The van der Waals surface area contributed by atoms with Crippen LogP contribution in [0.4, 0.5) is 0 Å². The van der Waals surface area contributed by atoms with Crippen molar-refractivity contribution in [1.82, 2.24) is 10.6 Å². The topological polar surface area (TPSA) is 79.0 Å². The average molecular weight is 373 g/mol. The van der Waals surface area contributed by atoms with Gasteiger partial charge in [0.2, 0.25) is 0 Å². The van der Waals surface area contributed by atoms with Gasteiger partial charge in [0, 0.05) is 12.1 Å². The lowest BCUT2D eigenvalue weighted by molar-refractivity contribution is 0.129. The minimum Gasteiger partial charge on any atom is -0.488 e. The number of hydrogen-bond acceptors (Lipinski definition) is 4. The number of benzene rings is 1. The molecular formula is C21H31N3O3. The van der Waals surface area contributed by atoms with Gasteiger partial charge in [0.15, 0.2) is 5.96 Å². The Labute approximate surface area is 161 Å². The fourth-order valence-electron chi connectivity index (χ4n) is 2.50. The number of nitrogens with one attached hydrogen (secondary N) is 2. The fraction of sp³-hybridized carbons (Fsp3) is 0.476. The summed E-state index contributed by atoms with van der Waals surface area (Å²) in [5, 5.41) is 16.5. The maximum Gasteiger partial charge on any atom is 0.191 e. The highest BCUT2D eigenvalue weighted by molar-refractivity contribution is 5.79. The van der Waals surface area contributed by atoms with Gasteiger partial charge < -0.3 is 24.9 Å². The van der Waals surface area contributed by atoms with Gasteiger partial charge in [-0.05, 0) is 58.4 Å². The number of hydrogen-bond donors (Lipinski definition) is 3. The van der Waals surface area contributed by atoms with Crippen molar-refractivity contribution in [2.24, 2.45) is 4.99 Å². The monoisotopic (exact) mass is 373 g/mol. The molecule has 0 bridgehead atoms. The predicted molar refractivity (Wildman–Crippen MR) is 108 cm³/mol. The van der Waals surface area contributed by atoms with Crippen LogP contribution in [-0.2, 0) is 6.54 Å². The van der Waals surface area contributed by atoms with Crippen molar-refractivity contribution in [2.75, 3.05) is 13.1 Å². The van der Waals surface area contributed by atoms with Crippen LogP contribution in [0.25, 0.3) is 0 Å². The average Bonchev–Trinajstić information content (AvgIpc) is 3.11. The summed E-state index contributed by atoms with van der Waals surface area (Å²) < 4.78 is 11.3. The standard InChI is InChI=1S/C21H31N3O3/c1-6-22-20(24-14-17(25)18-8-7-11-26-18)23-13-16-10-9-15(2)12-19(16)27-21(3,4)5/h7-12,17,25H,6,13-14H2,1-5H3,(H2,22,23,24). The molecule has 1 aromatic carbocycles. The number of ether oxygens (including phenoxy) is 1. The minimum atomic E-state index is -0.733. The first kappa shape index (κ1) is 20.8. The molecule has 0 aliphatic rings. The molecular weight excluding hydrogens is 342 g/mol. The predicted octanol–water partition coefficient (Wildman–Crippen LogP) is 3.55. The van der Waals surface area contributed by atoms with E-state index < -0.39 is 6.10 Å². The van der Waals surface area contributed by atoms with Crippen LogP contribution >= 0.6 is 0 Å². The summed E-state index contributed by atoms with van der Waals surface area (Å²) in [6.45, 7) is 11.6. The van der Waals surface area contributed by atoms with E-state index in [2.05, 4.69) is 21.7 Å². The molecule has 0 aliphatic heterocycles. The van der Waals surface area contributed by atoms with E-state index in [9.17, 15) is 5.11 Å². The van der Waals surface area contributed by atoms with Crippen LogP contribution < -0.4 is 15.4 Å². The second kappa shape index (κ2) is 9.46. The first-order valence-electron chi connectivity index (χ1n) is 9.30. The molecule has 6 nitrogen and oxygen atoms in total. The molecule has 0 saturated heterocycles. The Hall–Kier alpha value is -2.47. The summed E-state index contributed by atoms with van der Waals surface area (Å²) in [5.74, 6) is 2.00. The zero-order chi connectivity index (χ0) is 19.9. The molecule has 148 valence electrons. The first-order valence-corrected chi connectivity index (χ1v) is 9.30. The van der Waals surface area contributed by atoms with Crippen LogP contribution in [0.5, 0.6) is 5.75 Å². The third-order valence-corrected chi connectivity index (χ3v) is 3.73. The molecule has 1 unspecified atom stereocenters. The summed E-state index contributed by atoms with van der Waals surface area (Å²) in [7, 11) is 0. The molecule has 0 amide bonds. The fourth-order valence-corrected chi connectivity index (χ4v) is 2.50. The highest BCUT2D eigenvalue weighted by Gasteiger charge is 2.15. The van der Waals surface area contributed by atoms with Crippen LogP contribution in [0.1, 0.15) is 50.7 Å². The Morgan fingerprint density at radius 3 is 2.67 bits per heavy atom. The molecule has 0 radical (unpaired) electrons. The van der Waals surface area contributed by atoms with E-state index in [4.69, 9.17) is 9.15 Å². The van der Waals surface area contributed by atoms with E-state index in [1.54, 1.807) is 18.4 Å². The summed E-state index contributed by atoms with van der Waals surface area (Å²) in [6.07, 6.45) is 0.814. The van der Waals surface area contributed by atoms with E-state index in [1.807, 2.05) is 46.8 Å². The highest BCUT2D eigenvalue weighted by atomic mass is 16.5. The molecule has 0 spiro atoms. The van der Waals surface area contributed by atoms with Crippen molar-refractivity contribution in [3.05, 3.63) is 53.5 Å². The molecule has 0 fully saturated rings. The molecule has 6 heteroatoms. The number of furan rings is 1. The van der Waals surface area contributed by atoms with Crippen molar-refractivity contribution in [1.29, 1.82) is 0 Å². The number of aliphatic imine (C=N–C) groups is 1. The third kappa shape index (κ3) is 6.98. The molecule has 2 aromatic rings. The summed E-state index contributed by atoms with van der Waals surface area (Å²) in [4.78, 5) is 4.63. The summed E-state index contributed by atoms with van der Waals surface area (Å²) in [6, 6.07) is 9.64. The number of aliphatic hydroxyl groups excluding tert-OH is 1. The second-order valence-electron chi connectivity index (χ2n) is 7.43. The van der Waals surface area contributed by atoms with Gasteiger partial charge in [-0.3, -0.25) is 0 Å². The number of guanidine groups is 1. The molecule has 1 aromatic heterocycles. The van der Waals surface area contributed by atoms with Crippen molar-refractivity contribution in [3.63, 3.8) is 0 Å². The van der Waals surface area contributed by atoms with Crippen LogP contribution in [0.15, 0.2) is 46.0 Å². The van der Waals surface area contributed by atoms with E-state index in [0.29, 0.717) is 24.8 Å². The molecule has 3 N–H and O–H groups in total. The van der Waals surface area contributed by atoms with Crippen LogP contribution in [0.2, 0.25) is 0 Å². The maximum absolute atomic E-state index is 10.2. The number of nitrogens with zero attached hydrogens (tertiary/aromatic N) is 1. The summed E-state index contributed by atoms with van der Waals surface area (Å²) in [5.41, 5.74) is 1.88. The zero-order valence-corrected chi connectivity index (χ0v) is 16.9. The van der Waals surface area contributed by atoms with E-state index in [1.165, 1.54) is 0 Å². The van der Waals surface area contributed by atoms with Gasteiger partial charge >= 0.3 is 0 Å². The highest BCUT2D eigenvalue weighted by Crippen LogP contribution is 2.25. The van der Waals surface area contributed by atoms with Gasteiger partial charge in [-0.25, -0.2) is 4.99 Å². The molecule has 1 heterocycles. The van der Waals surface area contributed by atoms with Crippen LogP contribution in [0.3, 0.4) is 0 Å². The Balaban J connectivity index is 2.07. The molecule has 0 saturated carbocycles. The number of rotatable bonds is 7. The Morgan fingerprint density at radius 2 is 2.04 bits per heavy atom. The number of aryl methyl sites for hydroxylation is 1. The van der Waals surface area contributed by atoms with Crippen LogP contribution in [0, 0.1) is 6.92 Å². The van der Waals surface area contributed by atoms with Gasteiger partial charge in [0.1, 0.15) is 23.2 Å². The van der Waals surface area contributed by atoms with Crippen LogP contribution in [-0.4, -0.2) is 29.8 Å². The first-order chi connectivity index (χ1) is 12.8. The molecule has 2 rings (SSSR count). The molecule has 27 heavy (non-hydrogen) atoms. The van der Waals surface area contributed by atoms with Gasteiger partial charge in [-0.2, -0.15) is 0 Å². The van der Waals surface area contributed by atoms with Gasteiger partial charge in [0.05, 0.1) is 19.4 Å². The van der Waals surface area contributed by atoms with E-state index in [0.717, 1.165) is 23.4 Å². The van der Waals surface area contributed by atoms with Gasteiger partial charge in [-0.1, -0.05) is 12.1 Å². The lowest BCUT2D eigenvalue weighted by Crippen LogP contribution is -2.39. The summed E-state index contributed by atoms with van der Waals surface area (Å²) >= 11 is 0. The SMILES string of the molecule is CCNC(=NCc1ccc(C)cc1OC(C)(C)C)NCC(O)c1ccco1. The normalized spacial score (nSPS) is 13.3. The lowest BCUT2D eigenvalue weighted by Gasteiger charge is -2.23. The zero-order valence-electron chi connectivity index (χ0n) is 16.9. The van der Waals surface area contributed by atoms with E-state index >= 15 is 0 Å². The smallest absolute Gasteiger partial charge is 0.191 e. The maximum atomic E-state index is 10.2. The quantitative estimate of drug-likeness (QED) is 0.511. The molecule has 0 aliphatic carbocycles. The molecule has 1 atom stereocenters. The third-order valence-electron chi connectivity index (χ3n) is 3.73. The van der Waals surface area contributed by atoms with E-state index in [-0.39, 0.29) is 5.60 Å². The largest absolute Gasteiger partial charge is 0.488 e. The Bertz CT molecular complexity index is 734.